The van der Waals surface area contributed by atoms with Gasteiger partial charge in [0.2, 0.25) is 5.91 Å². The number of amides is 3. The van der Waals surface area contributed by atoms with E-state index < -0.39 is 5.91 Å². The van der Waals surface area contributed by atoms with E-state index in [2.05, 4.69) is 5.32 Å². The molecule has 27 heavy (non-hydrogen) atoms. The highest BCUT2D eigenvalue weighted by Gasteiger charge is 2.18. The van der Waals surface area contributed by atoms with Gasteiger partial charge in [0.25, 0.3) is 11.8 Å². The molecule has 2 aromatic rings. The van der Waals surface area contributed by atoms with Gasteiger partial charge in [-0.3, -0.25) is 14.4 Å². The van der Waals surface area contributed by atoms with Crippen LogP contribution in [0.25, 0.3) is 0 Å². The van der Waals surface area contributed by atoms with Gasteiger partial charge in [0.15, 0.2) is 6.61 Å². The molecule has 1 aromatic carbocycles. The van der Waals surface area contributed by atoms with Crippen molar-refractivity contribution in [2.24, 2.45) is 5.73 Å². The van der Waals surface area contributed by atoms with Gasteiger partial charge in [-0.2, -0.15) is 0 Å². The van der Waals surface area contributed by atoms with Crippen LogP contribution in [-0.4, -0.2) is 42.3 Å². The fourth-order valence-electron chi connectivity index (χ4n) is 2.25. The molecule has 0 unspecified atom stereocenters. The fraction of sp³-hybridized carbons (Fsp3) is 0.278. The third-order valence-electron chi connectivity index (χ3n) is 3.67. The molecular formula is C18H20ClN3O4S. The zero-order valence-corrected chi connectivity index (χ0v) is 16.3. The molecule has 1 aromatic heterocycles. The number of nitrogens with two attached hydrogens (primary N) is 1. The molecule has 0 aliphatic carbocycles. The monoisotopic (exact) mass is 409 g/mol. The highest BCUT2D eigenvalue weighted by Crippen LogP contribution is 2.23. The Morgan fingerprint density at radius 1 is 1.30 bits per heavy atom. The Morgan fingerprint density at radius 2 is 2.07 bits per heavy atom. The number of thiophene rings is 1. The smallest absolute Gasteiger partial charge is 0.260 e. The van der Waals surface area contributed by atoms with Crippen LogP contribution in [-0.2, 0) is 16.1 Å². The van der Waals surface area contributed by atoms with Crippen LogP contribution in [0.15, 0.2) is 35.7 Å². The summed E-state index contributed by atoms with van der Waals surface area (Å²) in [5.41, 5.74) is 5.42. The van der Waals surface area contributed by atoms with Crippen molar-refractivity contribution in [3.63, 3.8) is 0 Å². The number of halogens is 1. The molecule has 0 saturated heterocycles. The zero-order valence-electron chi connectivity index (χ0n) is 14.7. The average Bonchev–Trinajstić information content (AvgIpc) is 3.15. The van der Waals surface area contributed by atoms with E-state index in [1.807, 2.05) is 17.5 Å². The van der Waals surface area contributed by atoms with Gasteiger partial charge in [0.1, 0.15) is 5.75 Å². The number of ether oxygens (including phenoxy) is 1. The van der Waals surface area contributed by atoms with Gasteiger partial charge >= 0.3 is 0 Å². The number of nitrogens with zero attached hydrogens (tertiary/aromatic N) is 1. The third kappa shape index (κ3) is 6.26. The Hall–Kier alpha value is -2.58. The number of carbonyl (C=O) groups is 3. The van der Waals surface area contributed by atoms with Gasteiger partial charge in [-0.15, -0.1) is 11.3 Å². The Labute approximate surface area is 166 Å². The summed E-state index contributed by atoms with van der Waals surface area (Å²) in [6.07, 6.45) is 0. The Balaban J connectivity index is 1.90. The first-order valence-corrected chi connectivity index (χ1v) is 9.45. The molecule has 0 atom stereocenters. The molecule has 0 radical (unpaired) electrons. The van der Waals surface area contributed by atoms with Crippen molar-refractivity contribution in [3.8, 4) is 5.75 Å². The van der Waals surface area contributed by atoms with Crippen LogP contribution in [0.2, 0.25) is 5.02 Å². The Bertz CT molecular complexity index is 811. The van der Waals surface area contributed by atoms with E-state index in [4.69, 9.17) is 22.1 Å². The van der Waals surface area contributed by atoms with E-state index in [0.29, 0.717) is 18.1 Å². The van der Waals surface area contributed by atoms with Gasteiger partial charge < -0.3 is 20.7 Å². The second-order valence-corrected chi connectivity index (χ2v) is 7.03. The van der Waals surface area contributed by atoms with Crippen molar-refractivity contribution in [2.75, 3.05) is 19.7 Å². The number of primary amides is 1. The molecule has 1 heterocycles. The first kappa shape index (κ1) is 20.7. The van der Waals surface area contributed by atoms with Crippen LogP contribution in [0.4, 0.5) is 0 Å². The lowest BCUT2D eigenvalue weighted by Gasteiger charge is -2.20. The zero-order chi connectivity index (χ0) is 19.8. The van der Waals surface area contributed by atoms with E-state index >= 15 is 0 Å². The molecule has 3 N–H and O–H groups in total. The van der Waals surface area contributed by atoms with Gasteiger partial charge in [-0.25, -0.2) is 0 Å². The quantitative estimate of drug-likeness (QED) is 0.661. The number of benzene rings is 1. The molecule has 144 valence electrons. The molecule has 3 amide bonds. The van der Waals surface area contributed by atoms with Crippen LogP contribution in [0.3, 0.4) is 0 Å². The molecule has 0 spiro atoms. The number of carbonyl (C=O) groups excluding carboxylic acids is 3. The fourth-order valence-corrected chi connectivity index (χ4v) is 3.06. The molecule has 0 aliphatic rings. The van der Waals surface area contributed by atoms with E-state index in [1.54, 1.807) is 18.3 Å². The van der Waals surface area contributed by atoms with Crippen molar-refractivity contribution in [1.82, 2.24) is 10.2 Å². The summed E-state index contributed by atoms with van der Waals surface area (Å²) in [4.78, 5) is 38.2. The molecular weight excluding hydrogens is 390 g/mol. The summed E-state index contributed by atoms with van der Waals surface area (Å²) in [6, 6.07) is 8.18. The average molecular weight is 410 g/mol. The van der Waals surface area contributed by atoms with Gasteiger partial charge in [-0.1, -0.05) is 17.7 Å². The van der Waals surface area contributed by atoms with Crippen LogP contribution < -0.4 is 15.8 Å². The van der Waals surface area contributed by atoms with Crippen LogP contribution in [0.1, 0.15) is 22.2 Å². The van der Waals surface area contributed by atoms with Gasteiger partial charge in [0.05, 0.1) is 18.7 Å². The first-order chi connectivity index (χ1) is 12.9. The van der Waals surface area contributed by atoms with E-state index in [9.17, 15) is 14.4 Å². The van der Waals surface area contributed by atoms with E-state index in [-0.39, 0.29) is 36.3 Å². The van der Waals surface area contributed by atoms with Gasteiger partial charge in [0, 0.05) is 16.4 Å². The summed E-state index contributed by atoms with van der Waals surface area (Å²) in [6.45, 7) is 2.10. The minimum Gasteiger partial charge on any atom is -0.483 e. The Morgan fingerprint density at radius 3 is 2.70 bits per heavy atom. The predicted molar refractivity (Wildman–Crippen MR) is 104 cm³/mol. The molecule has 0 saturated carbocycles. The van der Waals surface area contributed by atoms with Crippen LogP contribution >= 0.6 is 22.9 Å². The maximum Gasteiger partial charge on any atom is 0.260 e. The summed E-state index contributed by atoms with van der Waals surface area (Å²) in [5, 5.41) is 5.05. The highest BCUT2D eigenvalue weighted by molar-refractivity contribution is 7.09. The largest absolute Gasteiger partial charge is 0.483 e. The summed E-state index contributed by atoms with van der Waals surface area (Å²) in [7, 11) is 0. The Kier molecular flexibility index (Phi) is 7.63. The third-order valence-corrected chi connectivity index (χ3v) is 4.78. The van der Waals surface area contributed by atoms with Crippen molar-refractivity contribution < 1.29 is 19.1 Å². The lowest BCUT2D eigenvalue weighted by Crippen LogP contribution is -2.42. The van der Waals surface area contributed by atoms with E-state index in [0.717, 1.165) is 4.88 Å². The van der Waals surface area contributed by atoms with Crippen molar-refractivity contribution in [3.05, 3.63) is 51.2 Å². The van der Waals surface area contributed by atoms with Crippen LogP contribution in [0, 0.1) is 0 Å². The van der Waals surface area contributed by atoms with Gasteiger partial charge in [-0.05, 0) is 36.6 Å². The lowest BCUT2D eigenvalue weighted by atomic mass is 10.2. The second kappa shape index (κ2) is 9.94. The lowest BCUT2D eigenvalue weighted by molar-refractivity contribution is -0.137. The minimum absolute atomic E-state index is 0.0811. The number of hydrogen-bond acceptors (Lipinski definition) is 5. The maximum atomic E-state index is 12.4. The number of nitrogens with one attached hydrogen (secondary N) is 1. The minimum atomic E-state index is -0.686. The number of hydrogen-bond donors (Lipinski definition) is 2. The topological polar surface area (TPSA) is 102 Å². The predicted octanol–water partition coefficient (Wildman–Crippen LogP) is 2.04. The SMILES string of the molecule is CCN(CC(=O)NCc1cccs1)C(=O)COc1cc(Cl)ccc1C(N)=O. The normalized spacial score (nSPS) is 10.3. The maximum absolute atomic E-state index is 12.4. The molecule has 7 nitrogen and oxygen atoms in total. The summed E-state index contributed by atoms with van der Waals surface area (Å²) >= 11 is 7.44. The van der Waals surface area contributed by atoms with Crippen LogP contribution in [0.5, 0.6) is 5.75 Å². The van der Waals surface area contributed by atoms with Crippen molar-refractivity contribution in [2.45, 2.75) is 13.5 Å². The molecule has 0 aliphatic heterocycles. The van der Waals surface area contributed by atoms with Crippen molar-refractivity contribution >= 4 is 40.7 Å². The first-order valence-electron chi connectivity index (χ1n) is 8.19. The molecule has 2 rings (SSSR count). The highest BCUT2D eigenvalue weighted by atomic mass is 35.5. The second-order valence-electron chi connectivity index (χ2n) is 5.56. The summed E-state index contributed by atoms with van der Waals surface area (Å²) < 4.78 is 5.42. The van der Waals surface area contributed by atoms with Crippen molar-refractivity contribution in [1.29, 1.82) is 0 Å². The number of rotatable bonds is 9. The van der Waals surface area contributed by atoms with E-state index in [1.165, 1.54) is 23.1 Å². The standard InChI is InChI=1S/C18H20ClN3O4S/c1-2-22(10-16(23)21-9-13-4-3-7-27-13)17(24)11-26-15-8-12(19)5-6-14(15)18(20)25/h3-8H,2,9-11H2,1H3,(H2,20,25)(H,21,23). The number of likely N-dealkylation sites (N-methyl/N-ethyl adjacent to an activating group) is 1. The molecule has 0 fully saturated rings. The molecule has 0 bridgehead atoms. The summed E-state index contributed by atoms with van der Waals surface area (Å²) in [5.74, 6) is -1.21. The molecule has 9 heteroatoms.